The van der Waals surface area contributed by atoms with Crippen LogP contribution in [0.15, 0.2) is 83.4 Å². The SMILES string of the molecule is CC1=C(C(=O)Nc2cccc(C)c2C)C(c2ccncc2)n2nc(SCc3ccccc3Cl)nc2N1. The molecule has 2 aromatic carbocycles. The Hall–Kier alpha value is -3.62. The Labute approximate surface area is 219 Å². The summed E-state index contributed by atoms with van der Waals surface area (Å²) in [6, 6.07) is 17.0. The molecule has 3 heterocycles. The van der Waals surface area contributed by atoms with E-state index in [1.165, 1.54) is 11.8 Å². The van der Waals surface area contributed by atoms with Crippen molar-refractivity contribution in [2.45, 2.75) is 37.7 Å². The fourth-order valence-electron chi connectivity index (χ4n) is 4.17. The van der Waals surface area contributed by atoms with Crippen molar-refractivity contribution in [3.05, 3.63) is 106 Å². The molecule has 1 aliphatic rings. The molecule has 182 valence electrons. The maximum Gasteiger partial charge on any atom is 0.255 e. The van der Waals surface area contributed by atoms with Crippen LogP contribution >= 0.6 is 23.4 Å². The lowest BCUT2D eigenvalue weighted by atomic mass is 9.95. The molecule has 2 aromatic heterocycles. The molecule has 1 atom stereocenters. The normalized spacial score (nSPS) is 14.8. The molecule has 2 N–H and O–H groups in total. The summed E-state index contributed by atoms with van der Waals surface area (Å²) in [7, 11) is 0. The second-order valence-corrected chi connectivity index (χ2v) is 9.94. The van der Waals surface area contributed by atoms with Gasteiger partial charge < -0.3 is 10.6 Å². The minimum Gasteiger partial charge on any atom is -0.328 e. The first kappa shape index (κ1) is 24.1. The first-order chi connectivity index (χ1) is 17.4. The van der Waals surface area contributed by atoms with Gasteiger partial charge in [-0.1, -0.05) is 53.7 Å². The Bertz CT molecular complexity index is 1470. The predicted octanol–water partition coefficient (Wildman–Crippen LogP) is 6.16. The van der Waals surface area contributed by atoms with Gasteiger partial charge in [-0.3, -0.25) is 9.78 Å². The number of thioether (sulfide) groups is 1. The molecule has 0 saturated carbocycles. The third-order valence-electron chi connectivity index (χ3n) is 6.27. The van der Waals surface area contributed by atoms with Crippen LogP contribution in [0, 0.1) is 13.8 Å². The Morgan fingerprint density at radius 1 is 1.08 bits per heavy atom. The van der Waals surface area contributed by atoms with Gasteiger partial charge in [0.05, 0.1) is 5.57 Å². The monoisotopic (exact) mass is 516 g/mol. The summed E-state index contributed by atoms with van der Waals surface area (Å²) < 4.78 is 1.77. The molecule has 1 aliphatic heterocycles. The number of nitrogens with one attached hydrogen (secondary N) is 2. The zero-order valence-electron chi connectivity index (χ0n) is 20.1. The van der Waals surface area contributed by atoms with Gasteiger partial charge in [0.15, 0.2) is 0 Å². The summed E-state index contributed by atoms with van der Waals surface area (Å²) in [5.41, 5.74) is 6.14. The summed E-state index contributed by atoms with van der Waals surface area (Å²) >= 11 is 7.82. The van der Waals surface area contributed by atoms with Crippen molar-refractivity contribution < 1.29 is 4.79 Å². The standard InChI is InChI=1S/C27H25ClN6OS/c1-16-7-6-10-22(17(16)2)31-25(35)23-18(3)30-26-32-27(36-15-20-8-4-5-9-21(20)28)33-34(26)24(23)19-11-13-29-14-12-19/h4-14,24H,15H2,1-3H3,(H,31,35)(H,30,32,33). The lowest BCUT2D eigenvalue weighted by Gasteiger charge is -2.28. The second kappa shape index (κ2) is 10.2. The fourth-order valence-corrected chi connectivity index (χ4v) is 5.29. The summed E-state index contributed by atoms with van der Waals surface area (Å²) in [5, 5.41) is 12.5. The number of amides is 1. The Morgan fingerprint density at radius 2 is 1.86 bits per heavy atom. The van der Waals surface area contributed by atoms with Crippen LogP contribution in [0.3, 0.4) is 0 Å². The van der Waals surface area contributed by atoms with Gasteiger partial charge in [0.25, 0.3) is 5.91 Å². The van der Waals surface area contributed by atoms with E-state index in [0.29, 0.717) is 27.5 Å². The van der Waals surface area contributed by atoms with Gasteiger partial charge in [0, 0.05) is 34.6 Å². The van der Waals surface area contributed by atoms with Gasteiger partial charge in [-0.15, -0.1) is 5.10 Å². The molecule has 0 aliphatic carbocycles. The van der Waals surface area contributed by atoms with Crippen LogP contribution < -0.4 is 10.6 Å². The molecule has 7 nitrogen and oxygen atoms in total. The molecular formula is C27H25ClN6OS. The minimum atomic E-state index is -0.462. The van der Waals surface area contributed by atoms with E-state index < -0.39 is 6.04 Å². The molecule has 1 unspecified atom stereocenters. The average Bonchev–Trinajstić information content (AvgIpc) is 3.28. The summed E-state index contributed by atoms with van der Waals surface area (Å²) in [4.78, 5) is 22.5. The third kappa shape index (κ3) is 4.74. The quantitative estimate of drug-likeness (QED) is 0.298. The van der Waals surface area contributed by atoms with Gasteiger partial charge in [-0.25, -0.2) is 4.68 Å². The van der Waals surface area contributed by atoms with Crippen molar-refractivity contribution >= 4 is 40.9 Å². The Balaban J connectivity index is 1.49. The first-order valence-electron chi connectivity index (χ1n) is 11.5. The van der Waals surface area contributed by atoms with Crippen LogP contribution in [-0.4, -0.2) is 25.7 Å². The zero-order valence-corrected chi connectivity index (χ0v) is 21.7. The molecule has 0 fully saturated rings. The zero-order chi connectivity index (χ0) is 25.2. The lowest BCUT2D eigenvalue weighted by Crippen LogP contribution is -2.31. The van der Waals surface area contributed by atoms with Crippen LogP contribution in [0.4, 0.5) is 11.6 Å². The first-order valence-corrected chi connectivity index (χ1v) is 12.9. The number of nitrogens with zero attached hydrogens (tertiary/aromatic N) is 4. The average molecular weight is 517 g/mol. The largest absolute Gasteiger partial charge is 0.328 e. The Morgan fingerprint density at radius 3 is 2.64 bits per heavy atom. The van der Waals surface area contributed by atoms with Crippen molar-refractivity contribution in [3.8, 4) is 0 Å². The molecule has 0 spiro atoms. The molecule has 5 rings (SSSR count). The molecule has 1 amide bonds. The fraction of sp³-hybridized carbons (Fsp3) is 0.185. The number of anilines is 2. The number of fused-ring (bicyclic) bond motifs is 1. The van der Waals surface area contributed by atoms with Crippen molar-refractivity contribution in [2.24, 2.45) is 0 Å². The van der Waals surface area contributed by atoms with Crippen LogP contribution in [0.5, 0.6) is 0 Å². The smallest absolute Gasteiger partial charge is 0.255 e. The Kier molecular flexibility index (Phi) is 6.80. The molecule has 4 aromatic rings. The number of aromatic nitrogens is 4. The van der Waals surface area contributed by atoms with Crippen LogP contribution in [0.2, 0.25) is 5.02 Å². The van der Waals surface area contributed by atoms with E-state index in [1.807, 2.05) is 75.4 Å². The maximum absolute atomic E-state index is 13.7. The lowest BCUT2D eigenvalue weighted by molar-refractivity contribution is -0.113. The number of allylic oxidation sites excluding steroid dienone is 1. The van der Waals surface area contributed by atoms with Crippen molar-refractivity contribution in [1.29, 1.82) is 0 Å². The van der Waals surface area contributed by atoms with Gasteiger partial charge in [-0.2, -0.15) is 4.98 Å². The number of carbonyl (C=O) groups is 1. The summed E-state index contributed by atoms with van der Waals surface area (Å²) in [5.74, 6) is 1.02. The van der Waals surface area contributed by atoms with Gasteiger partial charge in [0.1, 0.15) is 6.04 Å². The molecule has 0 bridgehead atoms. The highest BCUT2D eigenvalue weighted by Crippen LogP contribution is 2.37. The predicted molar refractivity (Wildman–Crippen MR) is 144 cm³/mol. The number of aryl methyl sites for hydroxylation is 1. The topological polar surface area (TPSA) is 84.7 Å². The van der Waals surface area contributed by atoms with Crippen molar-refractivity contribution in [3.63, 3.8) is 0 Å². The number of benzene rings is 2. The maximum atomic E-state index is 13.7. The van der Waals surface area contributed by atoms with Crippen LogP contribution in [-0.2, 0) is 10.5 Å². The van der Waals surface area contributed by atoms with Crippen molar-refractivity contribution in [2.75, 3.05) is 10.6 Å². The molecule has 0 radical (unpaired) electrons. The van der Waals surface area contributed by atoms with E-state index in [0.717, 1.165) is 33.6 Å². The third-order valence-corrected chi connectivity index (χ3v) is 7.52. The van der Waals surface area contributed by atoms with E-state index in [9.17, 15) is 4.79 Å². The molecular weight excluding hydrogens is 492 g/mol. The van der Waals surface area contributed by atoms with Crippen molar-refractivity contribution in [1.82, 2.24) is 19.7 Å². The number of rotatable bonds is 6. The molecule has 36 heavy (non-hydrogen) atoms. The van der Waals surface area contributed by atoms with E-state index in [-0.39, 0.29) is 5.91 Å². The molecule has 9 heteroatoms. The van der Waals surface area contributed by atoms with Gasteiger partial charge in [0.2, 0.25) is 11.1 Å². The number of hydrogen-bond acceptors (Lipinski definition) is 6. The highest BCUT2D eigenvalue weighted by atomic mass is 35.5. The van der Waals surface area contributed by atoms with Gasteiger partial charge in [-0.05, 0) is 67.3 Å². The van der Waals surface area contributed by atoms with Crippen LogP contribution in [0.1, 0.15) is 35.2 Å². The van der Waals surface area contributed by atoms with E-state index in [2.05, 4.69) is 15.6 Å². The highest BCUT2D eigenvalue weighted by molar-refractivity contribution is 7.98. The number of hydrogen-bond donors (Lipinski definition) is 2. The second-order valence-electron chi connectivity index (χ2n) is 8.59. The van der Waals surface area contributed by atoms with E-state index >= 15 is 0 Å². The minimum absolute atomic E-state index is 0.193. The van der Waals surface area contributed by atoms with E-state index in [4.69, 9.17) is 21.7 Å². The van der Waals surface area contributed by atoms with Crippen LogP contribution in [0.25, 0.3) is 0 Å². The summed E-state index contributed by atoms with van der Waals surface area (Å²) in [6.45, 7) is 5.92. The number of carbonyl (C=O) groups excluding carboxylic acids is 1. The number of pyridine rings is 1. The molecule has 0 saturated heterocycles. The summed E-state index contributed by atoms with van der Waals surface area (Å²) in [6.07, 6.45) is 3.44. The highest BCUT2D eigenvalue weighted by Gasteiger charge is 2.34. The van der Waals surface area contributed by atoms with Gasteiger partial charge >= 0.3 is 0 Å². The van der Waals surface area contributed by atoms with E-state index in [1.54, 1.807) is 17.1 Å². The number of halogens is 1.